The normalized spacial score (nSPS) is 12.2. The van der Waals surface area contributed by atoms with Crippen molar-refractivity contribution in [2.45, 2.75) is 13.0 Å². The molecule has 0 saturated heterocycles. The van der Waals surface area contributed by atoms with Gasteiger partial charge in [0.05, 0.1) is 31.4 Å². The Bertz CT molecular complexity index is 1010. The third kappa shape index (κ3) is 2.89. The molecule has 0 spiro atoms. The largest absolute Gasteiger partial charge is 0.497 e. The van der Waals surface area contributed by atoms with Crippen molar-refractivity contribution in [1.29, 1.82) is 0 Å². The smallest absolute Gasteiger partial charge is 0.182 e. The Morgan fingerprint density at radius 2 is 2.16 bits per heavy atom. The number of fused-ring (bicyclic) bond motifs is 1. The summed E-state index contributed by atoms with van der Waals surface area (Å²) in [5, 5.41) is 7.82. The highest BCUT2D eigenvalue weighted by Crippen LogP contribution is 2.23. The van der Waals surface area contributed by atoms with Crippen LogP contribution in [-0.4, -0.2) is 36.8 Å². The van der Waals surface area contributed by atoms with E-state index in [2.05, 4.69) is 37.3 Å². The fourth-order valence-electron chi connectivity index (χ4n) is 2.62. The van der Waals surface area contributed by atoms with E-state index in [1.54, 1.807) is 13.4 Å². The number of methoxy groups -OCH3 is 1. The molecule has 0 fully saturated rings. The fourth-order valence-corrected chi connectivity index (χ4v) is 2.62. The third-order valence-electron chi connectivity index (χ3n) is 4.00. The molecule has 2 N–H and O–H groups in total. The number of rotatable bonds is 5. The molecular weight excluding hydrogens is 318 g/mol. The maximum atomic E-state index is 5.27. The van der Waals surface area contributed by atoms with Gasteiger partial charge in [0.25, 0.3) is 0 Å². The van der Waals surface area contributed by atoms with Crippen molar-refractivity contribution in [2.24, 2.45) is 0 Å². The van der Waals surface area contributed by atoms with E-state index >= 15 is 0 Å². The molecule has 25 heavy (non-hydrogen) atoms. The van der Waals surface area contributed by atoms with Gasteiger partial charge in [0, 0.05) is 17.8 Å². The number of anilines is 1. The standard InChI is InChI=1S/C17H17N7O/c1-11(23-17-15-16(19-9-18-15)20-10-21-17)12-7-22-24(8-12)13-4-3-5-14(6-13)25-2/h3-11H,1-2H3,(H2,18,19,20,21,23)/t11-/m1/s1. The average molecular weight is 335 g/mol. The monoisotopic (exact) mass is 335 g/mol. The molecule has 0 radical (unpaired) electrons. The van der Waals surface area contributed by atoms with Crippen molar-refractivity contribution < 1.29 is 4.74 Å². The van der Waals surface area contributed by atoms with Gasteiger partial charge in [0.1, 0.15) is 17.6 Å². The van der Waals surface area contributed by atoms with Crippen LogP contribution in [0.1, 0.15) is 18.5 Å². The fraction of sp³-hybridized carbons (Fsp3) is 0.176. The number of hydrogen-bond donors (Lipinski definition) is 2. The van der Waals surface area contributed by atoms with Crippen molar-refractivity contribution in [1.82, 2.24) is 29.7 Å². The zero-order valence-electron chi connectivity index (χ0n) is 13.8. The minimum Gasteiger partial charge on any atom is -0.497 e. The molecule has 3 heterocycles. The van der Waals surface area contributed by atoms with Gasteiger partial charge in [0.2, 0.25) is 0 Å². The lowest BCUT2D eigenvalue weighted by Gasteiger charge is -2.12. The van der Waals surface area contributed by atoms with E-state index in [0.717, 1.165) is 22.5 Å². The number of aromatic nitrogens is 6. The summed E-state index contributed by atoms with van der Waals surface area (Å²) in [5.74, 6) is 1.51. The Morgan fingerprint density at radius 1 is 1.24 bits per heavy atom. The third-order valence-corrected chi connectivity index (χ3v) is 4.00. The van der Waals surface area contributed by atoms with Gasteiger partial charge in [-0.25, -0.2) is 19.6 Å². The molecule has 4 rings (SSSR count). The van der Waals surface area contributed by atoms with Crippen LogP contribution in [0.2, 0.25) is 0 Å². The molecule has 8 heteroatoms. The molecule has 0 bridgehead atoms. The highest BCUT2D eigenvalue weighted by atomic mass is 16.5. The number of imidazole rings is 1. The van der Waals surface area contributed by atoms with E-state index in [0.29, 0.717) is 11.5 Å². The maximum Gasteiger partial charge on any atom is 0.182 e. The van der Waals surface area contributed by atoms with Crippen LogP contribution in [0, 0.1) is 0 Å². The van der Waals surface area contributed by atoms with Gasteiger partial charge in [-0.15, -0.1) is 0 Å². The van der Waals surface area contributed by atoms with Crippen LogP contribution in [0.3, 0.4) is 0 Å². The summed E-state index contributed by atoms with van der Waals surface area (Å²) in [6, 6.07) is 7.78. The molecular formula is C17H17N7O. The molecule has 0 saturated carbocycles. The highest BCUT2D eigenvalue weighted by molar-refractivity contribution is 5.82. The summed E-state index contributed by atoms with van der Waals surface area (Å²) in [4.78, 5) is 15.6. The molecule has 1 atom stereocenters. The Balaban J connectivity index is 1.58. The van der Waals surface area contributed by atoms with Gasteiger partial charge >= 0.3 is 0 Å². The predicted octanol–water partition coefficient (Wildman–Crippen LogP) is 2.72. The van der Waals surface area contributed by atoms with Crippen molar-refractivity contribution in [3.05, 3.63) is 54.9 Å². The van der Waals surface area contributed by atoms with Crippen LogP contribution in [0.5, 0.6) is 5.75 Å². The number of hydrogen-bond acceptors (Lipinski definition) is 6. The summed E-state index contributed by atoms with van der Waals surface area (Å²) in [5.41, 5.74) is 3.40. The summed E-state index contributed by atoms with van der Waals surface area (Å²) in [6.07, 6.45) is 6.92. The van der Waals surface area contributed by atoms with E-state index in [9.17, 15) is 0 Å². The van der Waals surface area contributed by atoms with Crippen LogP contribution in [0.25, 0.3) is 16.9 Å². The number of nitrogens with zero attached hydrogens (tertiary/aromatic N) is 5. The first kappa shape index (κ1) is 15.1. The van der Waals surface area contributed by atoms with E-state index in [-0.39, 0.29) is 6.04 Å². The van der Waals surface area contributed by atoms with Gasteiger partial charge < -0.3 is 15.0 Å². The summed E-state index contributed by atoms with van der Waals surface area (Å²) in [6.45, 7) is 2.05. The lowest BCUT2D eigenvalue weighted by molar-refractivity contribution is 0.414. The number of ether oxygens (including phenoxy) is 1. The lowest BCUT2D eigenvalue weighted by atomic mass is 10.2. The highest BCUT2D eigenvalue weighted by Gasteiger charge is 2.13. The predicted molar refractivity (Wildman–Crippen MR) is 93.8 cm³/mol. The molecule has 8 nitrogen and oxygen atoms in total. The molecule has 126 valence electrons. The second-order valence-electron chi connectivity index (χ2n) is 5.61. The summed E-state index contributed by atoms with van der Waals surface area (Å²) in [7, 11) is 1.65. The Hall–Kier alpha value is -3.42. The number of benzene rings is 1. The van der Waals surface area contributed by atoms with Crippen LogP contribution in [0.15, 0.2) is 49.3 Å². The molecule has 1 aromatic carbocycles. The summed E-state index contributed by atoms with van der Waals surface area (Å²) < 4.78 is 7.09. The van der Waals surface area contributed by atoms with E-state index in [4.69, 9.17) is 4.74 Å². The van der Waals surface area contributed by atoms with Crippen molar-refractivity contribution in [3.8, 4) is 11.4 Å². The zero-order chi connectivity index (χ0) is 17.2. The van der Waals surface area contributed by atoms with Gasteiger partial charge in [0.15, 0.2) is 11.5 Å². The maximum absolute atomic E-state index is 5.27. The quantitative estimate of drug-likeness (QED) is 0.582. The van der Waals surface area contributed by atoms with Crippen LogP contribution in [0.4, 0.5) is 5.82 Å². The molecule has 0 amide bonds. The van der Waals surface area contributed by atoms with Gasteiger partial charge in [-0.2, -0.15) is 5.10 Å². The zero-order valence-corrected chi connectivity index (χ0v) is 13.8. The van der Waals surface area contributed by atoms with Gasteiger partial charge in [-0.1, -0.05) is 6.07 Å². The minimum absolute atomic E-state index is 0.0146. The molecule has 4 aromatic rings. The topological polar surface area (TPSA) is 93.5 Å². The molecule has 3 aromatic heterocycles. The second-order valence-corrected chi connectivity index (χ2v) is 5.61. The van der Waals surface area contributed by atoms with Crippen molar-refractivity contribution >= 4 is 17.0 Å². The van der Waals surface area contributed by atoms with Gasteiger partial charge in [-0.05, 0) is 19.1 Å². The lowest BCUT2D eigenvalue weighted by Crippen LogP contribution is -2.08. The minimum atomic E-state index is 0.0146. The SMILES string of the molecule is COc1cccc(-n2cc([C@@H](C)Nc3ncnc4nc[nH]c34)cn2)c1. The number of nitrogens with one attached hydrogen (secondary N) is 2. The first-order valence-corrected chi connectivity index (χ1v) is 7.84. The number of H-pyrrole nitrogens is 1. The Labute approximate surface area is 143 Å². The van der Waals surface area contributed by atoms with Crippen molar-refractivity contribution in [2.75, 3.05) is 12.4 Å². The van der Waals surface area contributed by atoms with Crippen LogP contribution >= 0.6 is 0 Å². The average Bonchev–Trinajstić information content (AvgIpc) is 3.31. The molecule has 0 aliphatic heterocycles. The van der Waals surface area contributed by atoms with Crippen molar-refractivity contribution in [3.63, 3.8) is 0 Å². The molecule has 0 aliphatic carbocycles. The Morgan fingerprint density at radius 3 is 3.04 bits per heavy atom. The Kier molecular flexibility index (Phi) is 3.77. The van der Waals surface area contributed by atoms with E-state index in [1.807, 2.05) is 41.3 Å². The van der Waals surface area contributed by atoms with E-state index < -0.39 is 0 Å². The molecule has 0 unspecified atom stereocenters. The molecule has 0 aliphatic rings. The summed E-state index contributed by atoms with van der Waals surface area (Å²) >= 11 is 0. The van der Waals surface area contributed by atoms with Gasteiger partial charge in [-0.3, -0.25) is 0 Å². The van der Waals surface area contributed by atoms with E-state index in [1.165, 1.54) is 6.33 Å². The first-order chi connectivity index (χ1) is 12.2. The number of aromatic amines is 1. The van der Waals surface area contributed by atoms with Crippen LogP contribution < -0.4 is 10.1 Å². The first-order valence-electron chi connectivity index (χ1n) is 7.84. The van der Waals surface area contributed by atoms with Crippen LogP contribution in [-0.2, 0) is 0 Å². The second kappa shape index (κ2) is 6.23.